The Balaban J connectivity index is 0.00000133. The Morgan fingerprint density at radius 3 is 3.00 bits per heavy atom. The number of H-pyrrole nitrogens is 1. The van der Waals surface area contributed by atoms with Gasteiger partial charge in [-0.15, -0.1) is 12.4 Å². The van der Waals surface area contributed by atoms with Crippen molar-refractivity contribution in [1.82, 2.24) is 20.4 Å². The summed E-state index contributed by atoms with van der Waals surface area (Å²) in [5.74, 6) is 0.909. The zero-order chi connectivity index (χ0) is 12.5. The first-order chi connectivity index (χ1) is 8.75. The van der Waals surface area contributed by atoms with Gasteiger partial charge < -0.3 is 10.2 Å². The fourth-order valence-corrected chi connectivity index (χ4v) is 2.47. The van der Waals surface area contributed by atoms with Gasteiger partial charge >= 0.3 is 0 Å². The molecule has 1 aromatic heterocycles. The van der Waals surface area contributed by atoms with Crippen LogP contribution in [0.15, 0.2) is 0 Å². The Bertz CT molecular complexity index is 455. The second kappa shape index (κ2) is 5.92. The van der Waals surface area contributed by atoms with Crippen molar-refractivity contribution in [3.63, 3.8) is 0 Å². The molecule has 2 N–H and O–H groups in total. The van der Waals surface area contributed by atoms with Crippen LogP contribution in [0.2, 0.25) is 0 Å². The van der Waals surface area contributed by atoms with Gasteiger partial charge in [0.05, 0.1) is 0 Å². The van der Waals surface area contributed by atoms with E-state index in [1.807, 2.05) is 11.9 Å². The minimum absolute atomic E-state index is 0. The van der Waals surface area contributed by atoms with Crippen molar-refractivity contribution in [3.05, 3.63) is 17.0 Å². The highest BCUT2D eigenvalue weighted by atomic mass is 35.5. The molecule has 0 saturated heterocycles. The average molecular weight is 285 g/mol. The molecule has 2 heterocycles. The van der Waals surface area contributed by atoms with E-state index in [2.05, 4.69) is 15.5 Å². The van der Waals surface area contributed by atoms with E-state index in [4.69, 9.17) is 0 Å². The third-order valence-corrected chi connectivity index (χ3v) is 3.93. The zero-order valence-electron chi connectivity index (χ0n) is 11.2. The molecule has 1 saturated carbocycles. The van der Waals surface area contributed by atoms with Gasteiger partial charge in [-0.2, -0.15) is 5.10 Å². The van der Waals surface area contributed by atoms with Crippen molar-refractivity contribution in [1.29, 1.82) is 0 Å². The largest absolute Gasteiger partial charge is 0.340 e. The number of nitrogens with one attached hydrogen (secondary N) is 2. The van der Waals surface area contributed by atoms with Gasteiger partial charge in [0.15, 0.2) is 5.69 Å². The number of hydrogen-bond donors (Lipinski definition) is 2. The van der Waals surface area contributed by atoms with E-state index in [9.17, 15) is 4.79 Å². The van der Waals surface area contributed by atoms with Crippen LogP contribution >= 0.6 is 12.4 Å². The average Bonchev–Trinajstić information content (AvgIpc) is 3.13. The number of hydrogen-bond acceptors (Lipinski definition) is 3. The number of nitrogens with zero attached hydrogens (tertiary/aromatic N) is 2. The van der Waals surface area contributed by atoms with E-state index in [1.54, 1.807) is 0 Å². The molecule has 0 spiro atoms. The SMILES string of the molecule is CN(CCC1CC1)C(=O)c1n[nH]c2c1CNCC2.Cl. The Labute approximate surface area is 119 Å². The summed E-state index contributed by atoms with van der Waals surface area (Å²) in [6, 6.07) is 0. The molecule has 6 heteroatoms. The number of amides is 1. The molecule has 3 rings (SSSR count). The second-order valence-electron chi connectivity index (χ2n) is 5.41. The van der Waals surface area contributed by atoms with Crippen LogP contribution in [0.25, 0.3) is 0 Å². The standard InChI is InChI=1S/C13H20N4O.ClH/c1-17(7-5-9-2-3-9)13(18)12-10-8-14-6-4-11(10)15-16-12;/h9,14H,2-8H2,1H3,(H,15,16);1H. The van der Waals surface area contributed by atoms with E-state index < -0.39 is 0 Å². The molecule has 5 nitrogen and oxygen atoms in total. The molecule has 2 aliphatic rings. The number of aromatic nitrogens is 2. The van der Waals surface area contributed by atoms with Crippen molar-refractivity contribution in [3.8, 4) is 0 Å². The first-order valence-corrected chi connectivity index (χ1v) is 6.78. The zero-order valence-corrected chi connectivity index (χ0v) is 12.1. The van der Waals surface area contributed by atoms with E-state index in [0.717, 1.165) is 49.7 Å². The van der Waals surface area contributed by atoms with Crippen molar-refractivity contribution in [2.45, 2.75) is 32.2 Å². The van der Waals surface area contributed by atoms with Gasteiger partial charge in [-0.05, 0) is 12.3 Å². The monoisotopic (exact) mass is 284 g/mol. The van der Waals surface area contributed by atoms with Crippen molar-refractivity contribution in [2.75, 3.05) is 20.1 Å². The van der Waals surface area contributed by atoms with Gasteiger partial charge in [-0.1, -0.05) is 12.8 Å². The van der Waals surface area contributed by atoms with Crippen LogP contribution in [-0.2, 0) is 13.0 Å². The number of carbonyl (C=O) groups excluding carboxylic acids is 1. The first kappa shape index (κ1) is 14.3. The molecule has 1 aliphatic heterocycles. The molecule has 1 amide bonds. The maximum atomic E-state index is 12.3. The molecule has 0 aromatic carbocycles. The minimum Gasteiger partial charge on any atom is -0.340 e. The summed E-state index contributed by atoms with van der Waals surface area (Å²) in [6.07, 6.45) is 4.74. The molecule has 0 radical (unpaired) electrons. The van der Waals surface area contributed by atoms with Crippen LogP contribution in [0.3, 0.4) is 0 Å². The highest BCUT2D eigenvalue weighted by molar-refractivity contribution is 5.93. The van der Waals surface area contributed by atoms with Gasteiger partial charge in [0.1, 0.15) is 0 Å². The molecular formula is C13H21ClN4O. The predicted molar refractivity (Wildman–Crippen MR) is 75.5 cm³/mol. The van der Waals surface area contributed by atoms with Gasteiger partial charge in [0.25, 0.3) is 5.91 Å². The maximum absolute atomic E-state index is 12.3. The van der Waals surface area contributed by atoms with Crippen molar-refractivity contribution >= 4 is 18.3 Å². The fourth-order valence-electron chi connectivity index (χ4n) is 2.47. The Morgan fingerprint density at radius 1 is 1.47 bits per heavy atom. The summed E-state index contributed by atoms with van der Waals surface area (Å²) in [5.41, 5.74) is 2.78. The topological polar surface area (TPSA) is 61.0 Å². The number of halogens is 1. The number of fused-ring (bicyclic) bond motifs is 1. The first-order valence-electron chi connectivity index (χ1n) is 6.78. The summed E-state index contributed by atoms with van der Waals surface area (Å²) in [6.45, 7) is 2.56. The van der Waals surface area contributed by atoms with Gasteiger partial charge in [0.2, 0.25) is 0 Å². The van der Waals surface area contributed by atoms with E-state index in [1.165, 1.54) is 12.8 Å². The van der Waals surface area contributed by atoms with Crippen LogP contribution in [0.1, 0.15) is 41.0 Å². The molecule has 1 aromatic rings. The van der Waals surface area contributed by atoms with Crippen molar-refractivity contribution in [2.24, 2.45) is 5.92 Å². The summed E-state index contributed by atoms with van der Waals surface area (Å²) in [7, 11) is 1.88. The minimum atomic E-state index is 0. The number of carbonyl (C=O) groups is 1. The van der Waals surface area contributed by atoms with Gasteiger partial charge in [-0.3, -0.25) is 9.89 Å². The van der Waals surface area contributed by atoms with Gasteiger partial charge in [-0.25, -0.2) is 0 Å². The summed E-state index contributed by atoms with van der Waals surface area (Å²) in [5, 5.41) is 10.5. The third-order valence-electron chi connectivity index (χ3n) is 3.93. The molecule has 0 bridgehead atoms. The molecule has 0 unspecified atom stereocenters. The number of rotatable bonds is 4. The van der Waals surface area contributed by atoms with E-state index >= 15 is 0 Å². The van der Waals surface area contributed by atoms with Crippen LogP contribution in [-0.4, -0.2) is 41.1 Å². The lowest BCUT2D eigenvalue weighted by atomic mass is 10.1. The quantitative estimate of drug-likeness (QED) is 0.877. The normalized spacial score (nSPS) is 17.5. The predicted octanol–water partition coefficient (Wildman–Crippen LogP) is 1.35. The fraction of sp³-hybridized carbons (Fsp3) is 0.692. The molecule has 19 heavy (non-hydrogen) atoms. The smallest absolute Gasteiger partial charge is 0.274 e. The maximum Gasteiger partial charge on any atom is 0.274 e. The summed E-state index contributed by atoms with van der Waals surface area (Å²) < 4.78 is 0. The molecule has 106 valence electrons. The Kier molecular flexibility index (Phi) is 4.47. The van der Waals surface area contributed by atoms with Crippen molar-refractivity contribution < 1.29 is 4.79 Å². The lowest BCUT2D eigenvalue weighted by Gasteiger charge is -2.18. The van der Waals surface area contributed by atoms with E-state index in [-0.39, 0.29) is 18.3 Å². The molecule has 1 fully saturated rings. The van der Waals surface area contributed by atoms with Crippen LogP contribution in [0.4, 0.5) is 0 Å². The lowest BCUT2D eigenvalue weighted by molar-refractivity contribution is 0.0784. The number of aromatic amines is 1. The highest BCUT2D eigenvalue weighted by Crippen LogP contribution is 2.32. The van der Waals surface area contributed by atoms with Crippen LogP contribution < -0.4 is 5.32 Å². The second-order valence-corrected chi connectivity index (χ2v) is 5.41. The van der Waals surface area contributed by atoms with Crippen LogP contribution in [0.5, 0.6) is 0 Å². The third kappa shape index (κ3) is 3.09. The van der Waals surface area contributed by atoms with Gasteiger partial charge in [0, 0.05) is 44.4 Å². The summed E-state index contributed by atoms with van der Waals surface area (Å²) >= 11 is 0. The van der Waals surface area contributed by atoms with E-state index in [0.29, 0.717) is 5.69 Å². The van der Waals surface area contributed by atoms with Crippen LogP contribution in [0, 0.1) is 5.92 Å². The Morgan fingerprint density at radius 2 is 2.26 bits per heavy atom. The Hall–Kier alpha value is -1.07. The summed E-state index contributed by atoms with van der Waals surface area (Å²) in [4.78, 5) is 14.1. The highest BCUT2D eigenvalue weighted by Gasteiger charge is 2.26. The molecule has 0 atom stereocenters. The molecule has 1 aliphatic carbocycles. The lowest BCUT2D eigenvalue weighted by Crippen LogP contribution is -2.31. The molecular weight excluding hydrogens is 264 g/mol.